The Bertz CT molecular complexity index is 399. The third kappa shape index (κ3) is 2.42. The molecule has 0 radical (unpaired) electrons. The van der Waals surface area contributed by atoms with Crippen LogP contribution < -0.4 is 16.0 Å². The van der Waals surface area contributed by atoms with Gasteiger partial charge in [0.1, 0.15) is 0 Å². The van der Waals surface area contributed by atoms with E-state index in [0.29, 0.717) is 11.6 Å². The molecule has 4 heteroatoms. The highest BCUT2D eigenvalue weighted by molar-refractivity contribution is 5.98. The van der Waals surface area contributed by atoms with Crippen molar-refractivity contribution >= 4 is 11.6 Å². The van der Waals surface area contributed by atoms with Gasteiger partial charge in [-0.05, 0) is 32.0 Å². The highest BCUT2D eigenvalue weighted by atomic mass is 16.1. The highest BCUT2D eigenvalue weighted by Gasteiger charge is 2.23. The van der Waals surface area contributed by atoms with Crippen LogP contribution in [0, 0.1) is 0 Å². The molecule has 0 aliphatic carbocycles. The van der Waals surface area contributed by atoms with Crippen LogP contribution in [0.25, 0.3) is 0 Å². The Morgan fingerprint density at radius 1 is 1.53 bits per heavy atom. The summed E-state index contributed by atoms with van der Waals surface area (Å²) in [6.07, 6.45) is 1.11. The normalized spacial score (nSPS) is 19.2. The van der Waals surface area contributed by atoms with Gasteiger partial charge in [-0.1, -0.05) is 12.1 Å². The summed E-state index contributed by atoms with van der Waals surface area (Å²) in [5.74, 6) is -0.356. The first-order valence-corrected chi connectivity index (χ1v) is 6.10. The van der Waals surface area contributed by atoms with Crippen molar-refractivity contribution < 1.29 is 4.79 Å². The summed E-state index contributed by atoms with van der Waals surface area (Å²) < 4.78 is 0. The van der Waals surface area contributed by atoms with Crippen molar-refractivity contribution in [3.63, 3.8) is 0 Å². The van der Waals surface area contributed by atoms with Gasteiger partial charge in [0.05, 0.1) is 5.56 Å². The van der Waals surface area contributed by atoms with Gasteiger partial charge in [0.2, 0.25) is 0 Å². The van der Waals surface area contributed by atoms with E-state index in [4.69, 9.17) is 5.73 Å². The number of nitrogens with one attached hydrogen (secondary N) is 1. The number of likely N-dealkylation sites (N-methyl/N-ethyl adjacent to an activating group) is 1. The summed E-state index contributed by atoms with van der Waals surface area (Å²) in [5, 5.41) is 3.35. The molecule has 0 bridgehead atoms. The number of rotatable bonds is 4. The van der Waals surface area contributed by atoms with Crippen molar-refractivity contribution in [1.82, 2.24) is 5.32 Å². The first-order chi connectivity index (χ1) is 8.24. The molecule has 3 N–H and O–H groups in total. The number of anilines is 1. The molecule has 0 saturated carbocycles. The maximum Gasteiger partial charge on any atom is 0.250 e. The Kier molecular flexibility index (Phi) is 3.64. The molecule has 0 spiro atoms. The predicted octanol–water partition coefficient (Wildman–Crippen LogP) is 0.974. The van der Waals surface area contributed by atoms with E-state index >= 15 is 0 Å². The van der Waals surface area contributed by atoms with Crippen molar-refractivity contribution in [2.45, 2.75) is 19.4 Å². The maximum absolute atomic E-state index is 11.4. The molecule has 1 unspecified atom stereocenters. The standard InChI is InChI=1S/C13H19N3O/c1-2-16(10-7-8-15-9-10)12-6-4-3-5-11(12)13(14)17/h3-6,10,15H,2,7-9H2,1H3,(H2,14,17). The lowest BCUT2D eigenvalue weighted by molar-refractivity contribution is 0.100. The van der Waals surface area contributed by atoms with Crippen molar-refractivity contribution in [3.8, 4) is 0 Å². The number of carbonyl (C=O) groups is 1. The molecular weight excluding hydrogens is 214 g/mol. The molecule has 1 atom stereocenters. The molecule has 92 valence electrons. The van der Waals surface area contributed by atoms with E-state index in [1.54, 1.807) is 6.07 Å². The molecule has 1 fully saturated rings. The highest BCUT2D eigenvalue weighted by Crippen LogP contribution is 2.24. The minimum atomic E-state index is -0.356. The molecule has 1 amide bonds. The van der Waals surface area contributed by atoms with Gasteiger partial charge >= 0.3 is 0 Å². The zero-order valence-electron chi connectivity index (χ0n) is 10.1. The van der Waals surface area contributed by atoms with E-state index in [-0.39, 0.29) is 5.91 Å². The first kappa shape index (κ1) is 11.9. The van der Waals surface area contributed by atoms with E-state index in [9.17, 15) is 4.79 Å². The number of nitrogens with zero attached hydrogens (tertiary/aromatic N) is 1. The molecule has 1 aliphatic rings. The molecule has 1 aromatic carbocycles. The zero-order valence-corrected chi connectivity index (χ0v) is 10.1. The van der Waals surface area contributed by atoms with Crippen molar-refractivity contribution in [2.24, 2.45) is 5.73 Å². The zero-order chi connectivity index (χ0) is 12.3. The topological polar surface area (TPSA) is 58.4 Å². The van der Waals surface area contributed by atoms with Crippen molar-refractivity contribution in [1.29, 1.82) is 0 Å². The number of amides is 1. The van der Waals surface area contributed by atoms with Crippen LogP contribution in [0.1, 0.15) is 23.7 Å². The van der Waals surface area contributed by atoms with Gasteiger partial charge in [0.15, 0.2) is 0 Å². The molecule has 1 heterocycles. The summed E-state index contributed by atoms with van der Waals surface area (Å²) in [5.41, 5.74) is 6.99. The molecule has 2 rings (SSSR count). The predicted molar refractivity (Wildman–Crippen MR) is 69.3 cm³/mol. The quantitative estimate of drug-likeness (QED) is 0.815. The lowest BCUT2D eigenvalue weighted by atomic mass is 10.1. The summed E-state index contributed by atoms with van der Waals surface area (Å²) in [7, 11) is 0. The van der Waals surface area contributed by atoms with Gasteiger partial charge in [0, 0.05) is 24.8 Å². The molecule has 0 aromatic heterocycles. The monoisotopic (exact) mass is 233 g/mol. The maximum atomic E-state index is 11.4. The lowest BCUT2D eigenvalue weighted by Gasteiger charge is -2.30. The SMILES string of the molecule is CCN(c1ccccc1C(N)=O)C1CCNC1. The number of primary amides is 1. The Hall–Kier alpha value is -1.55. The average Bonchev–Trinajstić information content (AvgIpc) is 2.84. The lowest BCUT2D eigenvalue weighted by Crippen LogP contribution is -2.38. The minimum Gasteiger partial charge on any atom is -0.367 e. The van der Waals surface area contributed by atoms with Gasteiger partial charge < -0.3 is 16.0 Å². The number of nitrogens with two attached hydrogens (primary N) is 1. The molecular formula is C13H19N3O. The molecule has 4 nitrogen and oxygen atoms in total. The Labute approximate surface area is 102 Å². The third-order valence-electron chi connectivity index (χ3n) is 3.29. The molecule has 1 aliphatic heterocycles. The average molecular weight is 233 g/mol. The Morgan fingerprint density at radius 2 is 2.29 bits per heavy atom. The van der Waals surface area contributed by atoms with Gasteiger partial charge in [-0.25, -0.2) is 0 Å². The number of carbonyl (C=O) groups excluding carboxylic acids is 1. The number of benzene rings is 1. The fourth-order valence-electron chi connectivity index (χ4n) is 2.46. The van der Waals surface area contributed by atoms with Crippen LogP contribution in [0.15, 0.2) is 24.3 Å². The third-order valence-corrected chi connectivity index (χ3v) is 3.29. The van der Waals surface area contributed by atoms with Crippen LogP contribution in [-0.2, 0) is 0 Å². The van der Waals surface area contributed by atoms with Crippen LogP contribution in [0.2, 0.25) is 0 Å². The summed E-state index contributed by atoms with van der Waals surface area (Å²) in [4.78, 5) is 13.7. The van der Waals surface area contributed by atoms with Crippen LogP contribution in [-0.4, -0.2) is 31.6 Å². The van der Waals surface area contributed by atoms with Crippen molar-refractivity contribution in [3.05, 3.63) is 29.8 Å². The van der Waals surface area contributed by atoms with Crippen molar-refractivity contribution in [2.75, 3.05) is 24.5 Å². The second-order valence-corrected chi connectivity index (χ2v) is 4.31. The molecule has 1 aromatic rings. The Balaban J connectivity index is 2.32. The second-order valence-electron chi connectivity index (χ2n) is 4.31. The number of hydrogen-bond acceptors (Lipinski definition) is 3. The summed E-state index contributed by atoms with van der Waals surface area (Å²) in [6, 6.07) is 8.03. The van der Waals surface area contributed by atoms with E-state index in [2.05, 4.69) is 17.1 Å². The second kappa shape index (κ2) is 5.19. The van der Waals surface area contributed by atoms with Gasteiger partial charge in [-0.15, -0.1) is 0 Å². The van der Waals surface area contributed by atoms with E-state index < -0.39 is 0 Å². The molecule has 17 heavy (non-hydrogen) atoms. The van der Waals surface area contributed by atoms with Gasteiger partial charge in [-0.3, -0.25) is 4.79 Å². The fourth-order valence-corrected chi connectivity index (χ4v) is 2.46. The van der Waals surface area contributed by atoms with Crippen LogP contribution in [0.4, 0.5) is 5.69 Å². The largest absolute Gasteiger partial charge is 0.367 e. The van der Waals surface area contributed by atoms with E-state index in [1.165, 1.54) is 0 Å². The number of para-hydroxylation sites is 1. The van der Waals surface area contributed by atoms with Gasteiger partial charge in [0.25, 0.3) is 5.91 Å². The van der Waals surface area contributed by atoms with E-state index in [0.717, 1.165) is 31.7 Å². The van der Waals surface area contributed by atoms with Crippen LogP contribution in [0.3, 0.4) is 0 Å². The minimum absolute atomic E-state index is 0.356. The first-order valence-electron chi connectivity index (χ1n) is 6.10. The van der Waals surface area contributed by atoms with Crippen LogP contribution >= 0.6 is 0 Å². The van der Waals surface area contributed by atoms with Gasteiger partial charge in [-0.2, -0.15) is 0 Å². The van der Waals surface area contributed by atoms with Crippen LogP contribution in [0.5, 0.6) is 0 Å². The summed E-state index contributed by atoms with van der Waals surface area (Å²) in [6.45, 7) is 5.01. The fraction of sp³-hybridized carbons (Fsp3) is 0.462. The number of hydrogen-bond donors (Lipinski definition) is 2. The van der Waals surface area contributed by atoms with E-state index in [1.807, 2.05) is 18.2 Å². The Morgan fingerprint density at radius 3 is 2.88 bits per heavy atom. The smallest absolute Gasteiger partial charge is 0.250 e. The molecule has 1 saturated heterocycles. The summed E-state index contributed by atoms with van der Waals surface area (Å²) >= 11 is 0.